The maximum atomic E-state index is 14.0. The third kappa shape index (κ3) is 9.92. The molecule has 1 aliphatic rings. The molecule has 0 unspecified atom stereocenters. The van der Waals surface area contributed by atoms with E-state index in [-0.39, 0.29) is 31.9 Å². The first-order valence-corrected chi connectivity index (χ1v) is 19.5. The average molecular weight is 769 g/mol. The standard InChI is InChI=1S/C37H49N6O10P/c1-5-9-16-22-38-31(44)39(23-17-10-6-2)34(47)42(33(38)46)26-37(28-51-54(50,52-29-37)53-30-20-14-13-15-21-30)27-43-35(48)40(24-18-11-7-3)32(45)41(36(43)49)25-19-12-8-4/h9-21H,5-8,22-29H2,1-4H3. The van der Waals surface area contributed by atoms with E-state index in [0.717, 1.165) is 27.4 Å². The maximum absolute atomic E-state index is 14.0. The number of para-hydroxylation sites is 1. The molecule has 0 spiro atoms. The van der Waals surface area contributed by atoms with Crippen molar-refractivity contribution in [2.24, 2.45) is 5.41 Å². The van der Waals surface area contributed by atoms with Gasteiger partial charge in [0.15, 0.2) is 0 Å². The molecule has 0 amide bonds. The molecule has 1 aromatic carbocycles. The Bertz CT molecular complexity index is 2040. The van der Waals surface area contributed by atoms with Crippen LogP contribution in [0.1, 0.15) is 53.4 Å². The van der Waals surface area contributed by atoms with Gasteiger partial charge in [0.2, 0.25) is 0 Å². The zero-order valence-corrected chi connectivity index (χ0v) is 32.1. The fraction of sp³-hybridized carbons (Fsp3) is 0.459. The van der Waals surface area contributed by atoms with Crippen molar-refractivity contribution >= 4 is 7.82 Å². The van der Waals surface area contributed by atoms with Crippen LogP contribution in [0, 0.1) is 5.41 Å². The molecular formula is C37H49N6O10P. The van der Waals surface area contributed by atoms with Gasteiger partial charge in [0.25, 0.3) is 0 Å². The molecule has 4 rings (SSSR count). The van der Waals surface area contributed by atoms with Crippen molar-refractivity contribution in [3.63, 3.8) is 0 Å². The minimum absolute atomic E-state index is 0.130. The van der Waals surface area contributed by atoms with E-state index >= 15 is 0 Å². The number of aromatic nitrogens is 6. The molecule has 16 nitrogen and oxygen atoms in total. The molecule has 1 saturated heterocycles. The van der Waals surface area contributed by atoms with Gasteiger partial charge in [0.1, 0.15) is 5.75 Å². The van der Waals surface area contributed by atoms with Gasteiger partial charge in [-0.1, -0.05) is 94.5 Å². The Morgan fingerprint density at radius 1 is 0.537 bits per heavy atom. The zero-order valence-electron chi connectivity index (χ0n) is 31.2. The van der Waals surface area contributed by atoms with Crippen LogP contribution in [0.15, 0.2) is 108 Å². The highest BCUT2D eigenvalue weighted by molar-refractivity contribution is 7.49. The summed E-state index contributed by atoms with van der Waals surface area (Å²) >= 11 is 0. The molecule has 0 aliphatic carbocycles. The summed E-state index contributed by atoms with van der Waals surface area (Å²) in [6.07, 6.45) is 16.2. The number of allylic oxidation sites excluding steroid dienone is 8. The molecule has 0 atom stereocenters. The van der Waals surface area contributed by atoms with E-state index in [1.54, 1.807) is 78.9 Å². The zero-order chi connectivity index (χ0) is 39.3. The van der Waals surface area contributed by atoms with Gasteiger partial charge in [-0.05, 0) is 37.8 Å². The summed E-state index contributed by atoms with van der Waals surface area (Å²) in [6.45, 7) is 4.91. The van der Waals surface area contributed by atoms with Gasteiger partial charge < -0.3 is 4.52 Å². The van der Waals surface area contributed by atoms with Gasteiger partial charge in [-0.15, -0.1) is 0 Å². The van der Waals surface area contributed by atoms with Gasteiger partial charge in [0, 0.05) is 13.1 Å². The van der Waals surface area contributed by atoms with Crippen LogP contribution in [0.3, 0.4) is 0 Å². The van der Waals surface area contributed by atoms with Crippen LogP contribution in [0.2, 0.25) is 0 Å². The predicted octanol–water partition coefficient (Wildman–Crippen LogP) is 3.44. The number of phosphoric ester groups is 1. The molecule has 1 aliphatic heterocycles. The summed E-state index contributed by atoms with van der Waals surface area (Å²) in [4.78, 5) is 83.0. The molecule has 1 fully saturated rings. The largest absolute Gasteiger partial charge is 0.530 e. The van der Waals surface area contributed by atoms with Crippen LogP contribution >= 0.6 is 7.82 Å². The van der Waals surface area contributed by atoms with E-state index in [4.69, 9.17) is 13.6 Å². The van der Waals surface area contributed by atoms with E-state index in [1.807, 2.05) is 27.7 Å². The summed E-state index contributed by atoms with van der Waals surface area (Å²) < 4.78 is 36.1. The van der Waals surface area contributed by atoms with E-state index < -0.39 is 73.7 Å². The first-order chi connectivity index (χ1) is 25.9. The molecule has 17 heteroatoms. The van der Waals surface area contributed by atoms with Gasteiger partial charge >= 0.3 is 42.0 Å². The number of phosphoric acid groups is 1. The second-order valence-electron chi connectivity index (χ2n) is 12.7. The molecule has 54 heavy (non-hydrogen) atoms. The van der Waals surface area contributed by atoms with Crippen LogP contribution in [0.5, 0.6) is 5.75 Å². The number of hydrogen-bond acceptors (Lipinski definition) is 10. The molecule has 0 saturated carbocycles. The second kappa shape index (κ2) is 19.3. The maximum Gasteiger partial charge on any atom is 0.530 e. The van der Waals surface area contributed by atoms with Gasteiger partial charge in [-0.2, -0.15) is 0 Å². The van der Waals surface area contributed by atoms with Crippen molar-refractivity contribution in [1.82, 2.24) is 27.4 Å². The Hall–Kier alpha value is -5.05. The van der Waals surface area contributed by atoms with Crippen LogP contribution in [0.25, 0.3) is 0 Å². The highest BCUT2D eigenvalue weighted by Gasteiger charge is 2.46. The molecular weight excluding hydrogens is 719 g/mol. The number of nitrogens with zero attached hydrogens (tertiary/aromatic N) is 6. The fourth-order valence-electron chi connectivity index (χ4n) is 5.72. The lowest BCUT2D eigenvalue weighted by molar-refractivity contribution is -0.0271. The van der Waals surface area contributed by atoms with Crippen molar-refractivity contribution in [2.75, 3.05) is 13.2 Å². The molecule has 0 radical (unpaired) electrons. The topological polar surface area (TPSA) is 177 Å². The van der Waals surface area contributed by atoms with Gasteiger partial charge in [0.05, 0.1) is 44.8 Å². The number of rotatable bonds is 18. The number of benzene rings is 1. The fourth-order valence-corrected chi connectivity index (χ4v) is 7.15. The predicted molar refractivity (Wildman–Crippen MR) is 205 cm³/mol. The van der Waals surface area contributed by atoms with E-state index in [0.29, 0.717) is 25.7 Å². The Labute approximate surface area is 311 Å². The number of hydrogen-bond donors (Lipinski definition) is 0. The highest BCUT2D eigenvalue weighted by atomic mass is 31.2. The smallest absolute Gasteiger partial charge is 0.404 e. The SMILES string of the molecule is CCC=CCn1c(=O)n(CC=CCC)c(=O)n(CC2(Cn3c(=O)n(CC=CCC)c(=O)n(CC=CCC)c3=O)COP(=O)(Oc3ccccc3)OC2)c1=O. The minimum Gasteiger partial charge on any atom is -0.404 e. The Morgan fingerprint density at radius 2 is 0.852 bits per heavy atom. The Morgan fingerprint density at radius 3 is 1.17 bits per heavy atom. The molecule has 3 aromatic rings. The van der Waals surface area contributed by atoms with E-state index in [2.05, 4.69) is 0 Å². The molecule has 0 N–H and O–H groups in total. The Kier molecular flexibility index (Phi) is 14.9. The molecule has 0 bridgehead atoms. The Balaban J connectivity index is 1.94. The summed E-state index contributed by atoms with van der Waals surface area (Å²) in [5, 5.41) is 0. The average Bonchev–Trinajstić information content (AvgIpc) is 3.16. The van der Waals surface area contributed by atoms with Crippen LogP contribution in [-0.4, -0.2) is 40.6 Å². The normalized spacial score (nSPS) is 19.2. The van der Waals surface area contributed by atoms with Crippen LogP contribution in [-0.2, 0) is 52.9 Å². The van der Waals surface area contributed by atoms with Gasteiger partial charge in [-0.3, -0.25) is 9.05 Å². The lowest BCUT2D eigenvalue weighted by Crippen LogP contribution is -2.60. The first-order valence-electron chi connectivity index (χ1n) is 18.1. The van der Waals surface area contributed by atoms with Crippen LogP contribution in [0.4, 0.5) is 0 Å². The van der Waals surface area contributed by atoms with Crippen LogP contribution < -0.4 is 38.7 Å². The summed E-state index contributed by atoms with van der Waals surface area (Å²) in [7, 11) is -4.29. The summed E-state index contributed by atoms with van der Waals surface area (Å²) in [5.41, 5.74) is -7.03. The molecule has 3 heterocycles. The lowest BCUT2D eigenvalue weighted by atomic mass is 9.89. The minimum atomic E-state index is -4.29. The summed E-state index contributed by atoms with van der Waals surface area (Å²) in [6, 6.07) is 8.14. The second-order valence-corrected chi connectivity index (χ2v) is 14.3. The third-order valence-corrected chi connectivity index (χ3v) is 9.86. The quantitative estimate of drug-likeness (QED) is 0.138. The molecule has 292 valence electrons. The van der Waals surface area contributed by atoms with E-state index in [9.17, 15) is 33.3 Å². The van der Waals surface area contributed by atoms with Crippen molar-refractivity contribution in [2.45, 2.75) is 92.6 Å². The first kappa shape index (κ1) is 41.7. The van der Waals surface area contributed by atoms with Crippen molar-refractivity contribution in [3.05, 3.63) is 142 Å². The summed E-state index contributed by atoms with van der Waals surface area (Å²) in [5.74, 6) is 0.186. The van der Waals surface area contributed by atoms with Gasteiger partial charge in [-0.25, -0.2) is 60.7 Å². The van der Waals surface area contributed by atoms with Crippen molar-refractivity contribution < 1.29 is 18.1 Å². The highest BCUT2D eigenvalue weighted by Crippen LogP contribution is 2.55. The third-order valence-electron chi connectivity index (χ3n) is 8.54. The van der Waals surface area contributed by atoms with Crippen molar-refractivity contribution in [1.29, 1.82) is 0 Å². The molecule has 2 aromatic heterocycles. The monoisotopic (exact) mass is 768 g/mol. The van der Waals surface area contributed by atoms with Crippen molar-refractivity contribution in [3.8, 4) is 5.75 Å². The van der Waals surface area contributed by atoms with E-state index in [1.165, 1.54) is 0 Å². The lowest BCUT2D eigenvalue weighted by Gasteiger charge is -2.39.